The van der Waals surface area contributed by atoms with Crippen molar-refractivity contribution in [3.63, 3.8) is 0 Å². The van der Waals surface area contributed by atoms with Crippen LogP contribution in [0.1, 0.15) is 31.7 Å². The van der Waals surface area contributed by atoms with Gasteiger partial charge in [-0.15, -0.1) is 0 Å². The van der Waals surface area contributed by atoms with Gasteiger partial charge in [-0.2, -0.15) is 0 Å². The molecule has 0 saturated heterocycles. The predicted octanol–water partition coefficient (Wildman–Crippen LogP) is 4.23. The zero-order valence-electron chi connectivity index (χ0n) is 9.66. The molecular weight excluding hydrogens is 289 g/mol. The van der Waals surface area contributed by atoms with Gasteiger partial charge in [0.05, 0.1) is 11.0 Å². The summed E-state index contributed by atoms with van der Waals surface area (Å²) in [6.45, 7) is 2.10. The van der Waals surface area contributed by atoms with Crippen LogP contribution in [0, 0.1) is 15.9 Å². The fourth-order valence-electron chi connectivity index (χ4n) is 1.66. The summed E-state index contributed by atoms with van der Waals surface area (Å²) in [7, 11) is 0. The number of halogens is 2. The summed E-state index contributed by atoms with van der Waals surface area (Å²) in [5.74, 6) is -0.546. The Hall–Kier alpha value is -0.970. The molecule has 1 unspecified atom stereocenters. The van der Waals surface area contributed by atoms with Gasteiger partial charge in [0.1, 0.15) is 5.82 Å². The second-order valence-electron chi connectivity index (χ2n) is 4.00. The van der Waals surface area contributed by atoms with E-state index in [0.717, 1.165) is 25.3 Å². The number of benzene rings is 1. The SMILES string of the molecule is CCCC(Br)CCc1cc(F)cc([N+](=O)[O-])c1. The fourth-order valence-corrected chi connectivity index (χ4v) is 2.35. The molecule has 0 aliphatic heterocycles. The number of nitrogens with zero attached hydrogens (tertiary/aromatic N) is 1. The highest BCUT2D eigenvalue weighted by atomic mass is 79.9. The van der Waals surface area contributed by atoms with Crippen LogP contribution in [-0.4, -0.2) is 9.75 Å². The van der Waals surface area contributed by atoms with Crippen LogP contribution in [-0.2, 0) is 6.42 Å². The molecule has 0 fully saturated rings. The molecule has 1 aromatic carbocycles. The highest BCUT2D eigenvalue weighted by molar-refractivity contribution is 9.09. The molecule has 0 spiro atoms. The van der Waals surface area contributed by atoms with Gasteiger partial charge >= 0.3 is 0 Å². The molecule has 0 N–H and O–H groups in total. The highest BCUT2D eigenvalue weighted by Gasteiger charge is 2.11. The number of nitro benzene ring substituents is 1. The standard InChI is InChI=1S/C12H15BrFNO2/c1-2-3-10(13)5-4-9-6-11(14)8-12(7-9)15(16)17/h6-8,10H,2-5H2,1H3. The molecule has 0 heterocycles. The number of nitro groups is 1. The molecule has 0 aromatic heterocycles. The second-order valence-corrected chi connectivity index (χ2v) is 5.29. The Morgan fingerprint density at radius 3 is 2.71 bits per heavy atom. The van der Waals surface area contributed by atoms with Crippen LogP contribution in [0.25, 0.3) is 0 Å². The van der Waals surface area contributed by atoms with Crippen LogP contribution in [0.15, 0.2) is 18.2 Å². The third kappa shape index (κ3) is 4.81. The van der Waals surface area contributed by atoms with E-state index in [1.807, 2.05) is 0 Å². The summed E-state index contributed by atoms with van der Waals surface area (Å²) in [4.78, 5) is 10.4. The number of alkyl halides is 1. The lowest BCUT2D eigenvalue weighted by molar-refractivity contribution is -0.385. The Bertz CT molecular complexity index is 398. The first-order valence-electron chi connectivity index (χ1n) is 5.61. The normalized spacial score (nSPS) is 12.4. The van der Waals surface area contributed by atoms with Crippen molar-refractivity contribution >= 4 is 21.6 Å². The third-order valence-corrected chi connectivity index (χ3v) is 3.42. The minimum Gasteiger partial charge on any atom is -0.258 e. The maximum Gasteiger partial charge on any atom is 0.272 e. The zero-order valence-corrected chi connectivity index (χ0v) is 11.2. The maximum absolute atomic E-state index is 13.1. The van der Waals surface area contributed by atoms with Crippen LogP contribution in [0.5, 0.6) is 0 Å². The van der Waals surface area contributed by atoms with E-state index in [1.54, 1.807) is 0 Å². The minimum absolute atomic E-state index is 0.179. The van der Waals surface area contributed by atoms with Crippen LogP contribution in [0.2, 0.25) is 0 Å². The average molecular weight is 304 g/mol. The van der Waals surface area contributed by atoms with Gasteiger partial charge in [0.25, 0.3) is 5.69 Å². The smallest absolute Gasteiger partial charge is 0.258 e. The molecule has 0 radical (unpaired) electrons. The van der Waals surface area contributed by atoms with Crippen LogP contribution >= 0.6 is 15.9 Å². The van der Waals surface area contributed by atoms with Gasteiger partial charge in [-0.3, -0.25) is 10.1 Å². The van der Waals surface area contributed by atoms with E-state index in [0.29, 0.717) is 16.8 Å². The fraction of sp³-hybridized carbons (Fsp3) is 0.500. The molecule has 1 rings (SSSR count). The highest BCUT2D eigenvalue weighted by Crippen LogP contribution is 2.20. The lowest BCUT2D eigenvalue weighted by Gasteiger charge is -2.08. The van der Waals surface area contributed by atoms with Gasteiger partial charge < -0.3 is 0 Å². The van der Waals surface area contributed by atoms with Crippen molar-refractivity contribution in [3.05, 3.63) is 39.7 Å². The predicted molar refractivity (Wildman–Crippen MR) is 69.0 cm³/mol. The van der Waals surface area contributed by atoms with Crippen molar-refractivity contribution in [2.75, 3.05) is 0 Å². The van der Waals surface area contributed by atoms with E-state index in [4.69, 9.17) is 0 Å². The van der Waals surface area contributed by atoms with Crippen molar-refractivity contribution in [2.45, 2.75) is 37.4 Å². The lowest BCUT2D eigenvalue weighted by atomic mass is 10.1. The quantitative estimate of drug-likeness (QED) is 0.448. The largest absolute Gasteiger partial charge is 0.272 e. The van der Waals surface area contributed by atoms with E-state index in [-0.39, 0.29) is 5.69 Å². The molecule has 17 heavy (non-hydrogen) atoms. The second kappa shape index (κ2) is 6.69. The molecule has 0 bridgehead atoms. The zero-order chi connectivity index (χ0) is 12.8. The molecule has 0 saturated carbocycles. The molecule has 5 heteroatoms. The summed E-state index contributed by atoms with van der Waals surface area (Å²) in [5.41, 5.74) is 0.499. The summed E-state index contributed by atoms with van der Waals surface area (Å²) in [6.07, 6.45) is 3.64. The van der Waals surface area contributed by atoms with Crippen LogP contribution < -0.4 is 0 Å². The van der Waals surface area contributed by atoms with Gasteiger partial charge in [-0.05, 0) is 30.9 Å². The van der Waals surface area contributed by atoms with E-state index in [1.165, 1.54) is 12.1 Å². The summed E-state index contributed by atoms with van der Waals surface area (Å²) in [5, 5.41) is 10.6. The molecule has 3 nitrogen and oxygen atoms in total. The number of hydrogen-bond acceptors (Lipinski definition) is 2. The maximum atomic E-state index is 13.1. The first kappa shape index (κ1) is 14.1. The summed E-state index contributed by atoms with van der Waals surface area (Å²) >= 11 is 3.53. The Kier molecular flexibility index (Phi) is 5.55. The Balaban J connectivity index is 2.68. The summed E-state index contributed by atoms with van der Waals surface area (Å²) < 4.78 is 13.1. The third-order valence-electron chi connectivity index (χ3n) is 2.50. The first-order valence-corrected chi connectivity index (χ1v) is 6.52. The van der Waals surface area contributed by atoms with Crippen molar-refractivity contribution < 1.29 is 9.31 Å². The van der Waals surface area contributed by atoms with E-state index >= 15 is 0 Å². The minimum atomic E-state index is -0.565. The number of aryl methyl sites for hydroxylation is 1. The molecule has 0 aliphatic rings. The Morgan fingerprint density at radius 1 is 1.41 bits per heavy atom. The van der Waals surface area contributed by atoms with Gasteiger partial charge in [-0.25, -0.2) is 4.39 Å². The molecule has 1 aromatic rings. The van der Waals surface area contributed by atoms with Crippen LogP contribution in [0.4, 0.5) is 10.1 Å². The van der Waals surface area contributed by atoms with Crippen molar-refractivity contribution in [1.29, 1.82) is 0 Å². The van der Waals surface area contributed by atoms with E-state index in [2.05, 4.69) is 22.9 Å². The Morgan fingerprint density at radius 2 is 2.12 bits per heavy atom. The molecule has 0 amide bonds. The van der Waals surface area contributed by atoms with Gasteiger partial charge in [0.2, 0.25) is 0 Å². The molecule has 1 atom stereocenters. The molecule has 94 valence electrons. The van der Waals surface area contributed by atoms with Gasteiger partial charge in [0.15, 0.2) is 0 Å². The average Bonchev–Trinajstić information content (AvgIpc) is 2.26. The van der Waals surface area contributed by atoms with Crippen molar-refractivity contribution in [2.24, 2.45) is 0 Å². The number of hydrogen-bond donors (Lipinski definition) is 0. The number of non-ortho nitro benzene ring substituents is 1. The summed E-state index contributed by atoms with van der Waals surface area (Å²) in [6, 6.07) is 3.74. The van der Waals surface area contributed by atoms with E-state index in [9.17, 15) is 14.5 Å². The van der Waals surface area contributed by atoms with Crippen molar-refractivity contribution in [1.82, 2.24) is 0 Å². The monoisotopic (exact) mass is 303 g/mol. The molecule has 0 aliphatic carbocycles. The van der Waals surface area contributed by atoms with Gasteiger partial charge in [0, 0.05) is 10.9 Å². The lowest BCUT2D eigenvalue weighted by Crippen LogP contribution is -2.00. The molecular formula is C12H15BrFNO2. The van der Waals surface area contributed by atoms with Gasteiger partial charge in [-0.1, -0.05) is 29.3 Å². The Labute approximate surface area is 108 Å². The van der Waals surface area contributed by atoms with Crippen molar-refractivity contribution in [3.8, 4) is 0 Å². The van der Waals surface area contributed by atoms with E-state index < -0.39 is 10.7 Å². The number of rotatable bonds is 6. The topological polar surface area (TPSA) is 43.1 Å². The first-order chi connectivity index (χ1) is 8.02. The van der Waals surface area contributed by atoms with Crippen LogP contribution in [0.3, 0.4) is 0 Å².